The number of aliphatic hydroxyl groups excluding tert-OH is 1. The van der Waals surface area contributed by atoms with E-state index >= 15 is 0 Å². The Morgan fingerprint density at radius 3 is 3.00 bits per heavy atom. The molecule has 1 aromatic heterocycles. The van der Waals surface area contributed by atoms with Crippen LogP contribution in [0, 0.1) is 0 Å². The van der Waals surface area contributed by atoms with Gasteiger partial charge in [-0.2, -0.15) is 0 Å². The van der Waals surface area contributed by atoms with Gasteiger partial charge in [0.1, 0.15) is 12.3 Å². The molecule has 3 heterocycles. The van der Waals surface area contributed by atoms with Gasteiger partial charge in [-0.25, -0.2) is 4.79 Å². The van der Waals surface area contributed by atoms with Crippen LogP contribution >= 0.6 is 15.9 Å². The van der Waals surface area contributed by atoms with Crippen LogP contribution in [0.5, 0.6) is 0 Å². The summed E-state index contributed by atoms with van der Waals surface area (Å²) < 4.78 is 18.2. The number of aromatic nitrogens is 2. The van der Waals surface area contributed by atoms with Crippen LogP contribution in [0.2, 0.25) is 0 Å². The second kappa shape index (κ2) is 8.41. The van der Waals surface area contributed by atoms with Gasteiger partial charge in [-0.3, -0.25) is 14.3 Å². The van der Waals surface area contributed by atoms with Gasteiger partial charge in [0.05, 0.1) is 18.3 Å². The summed E-state index contributed by atoms with van der Waals surface area (Å²) in [6.07, 6.45) is 3.86. The van der Waals surface area contributed by atoms with Gasteiger partial charge in [0.25, 0.3) is 5.56 Å². The monoisotopic (exact) mass is 416 g/mol. The van der Waals surface area contributed by atoms with E-state index in [0.29, 0.717) is 12.2 Å². The van der Waals surface area contributed by atoms with E-state index in [-0.39, 0.29) is 19.3 Å². The number of hydrogen-bond donors (Lipinski definition) is 2. The summed E-state index contributed by atoms with van der Waals surface area (Å²) in [5, 5.41) is 10.2. The van der Waals surface area contributed by atoms with Gasteiger partial charge in [-0.15, -0.1) is 0 Å². The highest BCUT2D eigenvalue weighted by atomic mass is 79.9. The lowest BCUT2D eigenvalue weighted by molar-refractivity contribution is -0.185. The smallest absolute Gasteiger partial charge is 0.330 e. The van der Waals surface area contributed by atoms with E-state index in [4.69, 9.17) is 14.2 Å². The number of hydrogen-bond acceptors (Lipinski definition) is 6. The number of nitrogens with one attached hydrogen (secondary N) is 1. The standard InChI is InChI=1S/C16H21BrN2O6/c17-5-4-10-8-19(16(22)18-15(10)21)13-7-11(20)12(25-13)9-24-14-3-1-2-6-23-14/h4-5,8,11-14,20H,1-3,6-7,9H2,(H,18,21,22)/t11?,12-,13-,14?/m0/s1. The molecule has 0 radical (unpaired) electrons. The second-order valence-corrected chi connectivity index (χ2v) is 6.63. The summed E-state index contributed by atoms with van der Waals surface area (Å²) in [4.78, 5) is 27.6. The fraction of sp³-hybridized carbons (Fsp3) is 0.625. The molecule has 2 fully saturated rings. The van der Waals surface area contributed by atoms with Crippen LogP contribution in [-0.4, -0.2) is 46.4 Å². The van der Waals surface area contributed by atoms with Gasteiger partial charge in [-0.05, 0) is 30.3 Å². The van der Waals surface area contributed by atoms with Crippen molar-refractivity contribution in [2.24, 2.45) is 0 Å². The summed E-state index contributed by atoms with van der Waals surface area (Å²) in [6.45, 7) is 0.868. The van der Waals surface area contributed by atoms with E-state index < -0.39 is 29.7 Å². The van der Waals surface area contributed by atoms with E-state index in [1.807, 2.05) is 0 Å². The molecule has 25 heavy (non-hydrogen) atoms. The first-order chi connectivity index (χ1) is 12.1. The molecular weight excluding hydrogens is 396 g/mol. The third-order valence-corrected chi connectivity index (χ3v) is 4.60. The molecule has 0 aromatic carbocycles. The average molecular weight is 417 g/mol. The van der Waals surface area contributed by atoms with Crippen molar-refractivity contribution in [2.45, 2.75) is 50.4 Å². The van der Waals surface area contributed by atoms with Crippen LogP contribution in [0.1, 0.15) is 37.5 Å². The van der Waals surface area contributed by atoms with E-state index in [9.17, 15) is 14.7 Å². The van der Waals surface area contributed by atoms with Crippen LogP contribution in [0.15, 0.2) is 20.8 Å². The molecule has 8 nitrogen and oxygen atoms in total. The van der Waals surface area contributed by atoms with Crippen LogP contribution < -0.4 is 11.2 Å². The van der Waals surface area contributed by atoms with Gasteiger partial charge >= 0.3 is 5.69 Å². The summed E-state index contributed by atoms with van der Waals surface area (Å²) >= 11 is 3.10. The molecule has 2 aliphatic heterocycles. The quantitative estimate of drug-likeness (QED) is 0.744. The first-order valence-electron chi connectivity index (χ1n) is 8.27. The van der Waals surface area contributed by atoms with Crippen molar-refractivity contribution in [3.63, 3.8) is 0 Å². The molecule has 138 valence electrons. The molecule has 0 saturated carbocycles. The number of nitrogens with zero attached hydrogens (tertiary/aromatic N) is 1. The molecule has 2 N–H and O–H groups in total. The molecular formula is C16H21BrN2O6. The zero-order valence-corrected chi connectivity index (χ0v) is 15.2. The number of H-pyrrole nitrogens is 1. The number of aliphatic hydroxyl groups is 1. The molecule has 0 spiro atoms. The Hall–Kier alpha value is -1.26. The maximum Gasteiger partial charge on any atom is 0.330 e. The Bertz CT molecular complexity index is 724. The minimum atomic E-state index is -0.761. The molecule has 3 rings (SSSR count). The van der Waals surface area contributed by atoms with E-state index in [1.165, 1.54) is 21.8 Å². The Morgan fingerprint density at radius 1 is 1.44 bits per heavy atom. The Labute approximate surface area is 152 Å². The minimum Gasteiger partial charge on any atom is -0.390 e. The molecule has 1 aromatic rings. The number of aromatic amines is 1. The molecule has 2 aliphatic rings. The van der Waals surface area contributed by atoms with Crippen molar-refractivity contribution in [3.05, 3.63) is 37.6 Å². The van der Waals surface area contributed by atoms with E-state index in [0.717, 1.165) is 19.3 Å². The minimum absolute atomic E-state index is 0.189. The zero-order valence-electron chi connectivity index (χ0n) is 13.6. The largest absolute Gasteiger partial charge is 0.390 e. The first kappa shape index (κ1) is 18.5. The van der Waals surface area contributed by atoms with Crippen molar-refractivity contribution in [1.82, 2.24) is 9.55 Å². The molecule has 0 aliphatic carbocycles. The first-order valence-corrected chi connectivity index (χ1v) is 9.19. The van der Waals surface area contributed by atoms with Crippen molar-refractivity contribution >= 4 is 22.0 Å². The third kappa shape index (κ3) is 4.48. The number of ether oxygens (including phenoxy) is 3. The highest BCUT2D eigenvalue weighted by Crippen LogP contribution is 2.28. The van der Waals surface area contributed by atoms with Crippen molar-refractivity contribution in [2.75, 3.05) is 13.2 Å². The summed E-state index contributed by atoms with van der Waals surface area (Å²) in [6, 6.07) is 0. The van der Waals surface area contributed by atoms with E-state index in [1.54, 1.807) is 0 Å². The highest BCUT2D eigenvalue weighted by molar-refractivity contribution is 9.11. The Morgan fingerprint density at radius 2 is 2.28 bits per heavy atom. The van der Waals surface area contributed by atoms with Crippen LogP contribution in [0.4, 0.5) is 0 Å². The van der Waals surface area contributed by atoms with Crippen LogP contribution in [0.25, 0.3) is 6.08 Å². The predicted molar refractivity (Wildman–Crippen MR) is 93.4 cm³/mol. The normalized spacial score (nSPS) is 30.2. The fourth-order valence-electron chi connectivity index (χ4n) is 2.98. The van der Waals surface area contributed by atoms with Crippen molar-refractivity contribution < 1.29 is 19.3 Å². The molecule has 0 amide bonds. The van der Waals surface area contributed by atoms with Gasteiger partial charge in [0.2, 0.25) is 0 Å². The van der Waals surface area contributed by atoms with E-state index in [2.05, 4.69) is 20.9 Å². The SMILES string of the molecule is O=c1[nH]c(=O)n([C@@H]2CC(O)[C@H](COC3CCCCO3)O2)cc1C=CBr. The second-order valence-electron chi connectivity index (χ2n) is 6.11. The molecule has 4 atom stereocenters. The molecule has 2 saturated heterocycles. The topological polar surface area (TPSA) is 103 Å². The predicted octanol–water partition coefficient (Wildman–Crippen LogP) is 1.09. The zero-order chi connectivity index (χ0) is 17.8. The van der Waals surface area contributed by atoms with Crippen LogP contribution in [-0.2, 0) is 14.2 Å². The molecule has 9 heteroatoms. The van der Waals surface area contributed by atoms with Gasteiger partial charge in [0.15, 0.2) is 6.29 Å². The van der Waals surface area contributed by atoms with Crippen molar-refractivity contribution in [3.8, 4) is 0 Å². The maximum atomic E-state index is 12.1. The maximum absolute atomic E-state index is 12.1. The lowest BCUT2D eigenvalue weighted by atomic mass is 10.2. The lowest BCUT2D eigenvalue weighted by Gasteiger charge is -2.24. The van der Waals surface area contributed by atoms with Crippen LogP contribution in [0.3, 0.4) is 0 Å². The highest BCUT2D eigenvalue weighted by Gasteiger charge is 2.36. The summed E-state index contributed by atoms with van der Waals surface area (Å²) in [5.41, 5.74) is -0.749. The van der Waals surface area contributed by atoms with Gasteiger partial charge in [-0.1, -0.05) is 15.9 Å². The average Bonchev–Trinajstić information content (AvgIpc) is 2.97. The summed E-state index contributed by atoms with van der Waals surface area (Å²) in [5.74, 6) is 0. The molecule has 0 bridgehead atoms. The number of halogens is 1. The molecule has 2 unspecified atom stereocenters. The van der Waals surface area contributed by atoms with Gasteiger partial charge < -0.3 is 19.3 Å². The Balaban J connectivity index is 1.67. The lowest BCUT2D eigenvalue weighted by Crippen LogP contribution is -2.34. The van der Waals surface area contributed by atoms with Crippen molar-refractivity contribution in [1.29, 1.82) is 0 Å². The fourth-order valence-corrected chi connectivity index (χ4v) is 3.27. The third-order valence-electron chi connectivity index (χ3n) is 4.34. The Kier molecular flexibility index (Phi) is 6.24. The number of rotatable bonds is 5. The van der Waals surface area contributed by atoms with Gasteiger partial charge in [0, 0.05) is 19.2 Å². The summed E-state index contributed by atoms with van der Waals surface area (Å²) in [7, 11) is 0.